The highest BCUT2D eigenvalue weighted by Gasteiger charge is 2.17. The van der Waals surface area contributed by atoms with Crippen molar-refractivity contribution in [1.82, 2.24) is 4.90 Å². The normalized spacial score (nSPS) is 12.8. The van der Waals surface area contributed by atoms with Crippen molar-refractivity contribution >= 4 is 5.69 Å². The maximum Gasteiger partial charge on any atom is 0.270 e. The molecule has 1 atom stereocenters. The van der Waals surface area contributed by atoms with Gasteiger partial charge in [0, 0.05) is 36.8 Å². The minimum absolute atomic E-state index is 0.0431. The Morgan fingerprint density at radius 3 is 2.50 bits per heavy atom. The second-order valence-electron chi connectivity index (χ2n) is 5.13. The number of ether oxygens (including phenoxy) is 1. The van der Waals surface area contributed by atoms with Crippen LogP contribution in [0.3, 0.4) is 0 Å². The summed E-state index contributed by atoms with van der Waals surface area (Å²) in [6, 6.07) is 4.77. The molecule has 6 nitrogen and oxygen atoms in total. The molecule has 112 valence electrons. The smallest absolute Gasteiger partial charge is 0.270 e. The highest BCUT2D eigenvalue weighted by Crippen LogP contribution is 2.25. The number of nitro groups is 1. The first-order chi connectivity index (χ1) is 9.35. The van der Waals surface area contributed by atoms with Crippen LogP contribution in [0.15, 0.2) is 18.2 Å². The van der Waals surface area contributed by atoms with Crippen molar-refractivity contribution in [3.05, 3.63) is 33.9 Å². The quantitative estimate of drug-likeness (QED) is 0.613. The summed E-state index contributed by atoms with van der Waals surface area (Å²) in [4.78, 5) is 12.5. The zero-order valence-corrected chi connectivity index (χ0v) is 12.4. The third-order valence-electron chi connectivity index (χ3n) is 3.08. The van der Waals surface area contributed by atoms with E-state index in [1.165, 1.54) is 12.1 Å². The van der Waals surface area contributed by atoms with E-state index in [4.69, 9.17) is 4.74 Å². The van der Waals surface area contributed by atoms with Crippen molar-refractivity contribution in [3.63, 3.8) is 0 Å². The molecule has 6 heteroatoms. The Bertz CT molecular complexity index is 460. The van der Waals surface area contributed by atoms with Gasteiger partial charge >= 0.3 is 0 Å². The topological polar surface area (TPSA) is 75.8 Å². The van der Waals surface area contributed by atoms with Gasteiger partial charge in [-0.2, -0.15) is 0 Å². The Kier molecular flexibility index (Phi) is 5.91. The van der Waals surface area contributed by atoms with E-state index in [2.05, 4.69) is 0 Å². The molecule has 0 fully saturated rings. The third kappa shape index (κ3) is 4.47. The summed E-state index contributed by atoms with van der Waals surface area (Å²) >= 11 is 0. The molecule has 0 aromatic heterocycles. The second-order valence-corrected chi connectivity index (χ2v) is 5.13. The summed E-state index contributed by atoms with van der Waals surface area (Å²) in [5.74, 6) is 0.617. The fourth-order valence-electron chi connectivity index (χ4n) is 2.02. The second kappa shape index (κ2) is 7.21. The van der Waals surface area contributed by atoms with Gasteiger partial charge in [-0.25, -0.2) is 0 Å². The Hall–Kier alpha value is -1.66. The standard InChI is InChI=1S/C14H22N2O4/c1-10(2)15(8-11(3)17)9-12-7-13(16(18)19)5-6-14(12)20-4/h5-7,10-11,17H,8-9H2,1-4H3. The van der Waals surface area contributed by atoms with Gasteiger partial charge in [0.2, 0.25) is 0 Å². The van der Waals surface area contributed by atoms with Crippen molar-refractivity contribution in [2.45, 2.75) is 39.5 Å². The molecule has 0 radical (unpaired) electrons. The highest BCUT2D eigenvalue weighted by atomic mass is 16.6. The summed E-state index contributed by atoms with van der Waals surface area (Å²) < 4.78 is 5.25. The number of aliphatic hydroxyl groups excluding tert-OH is 1. The Morgan fingerprint density at radius 2 is 2.05 bits per heavy atom. The molecule has 0 aliphatic rings. The number of nitro benzene ring substituents is 1. The van der Waals surface area contributed by atoms with Crippen molar-refractivity contribution in [1.29, 1.82) is 0 Å². The van der Waals surface area contributed by atoms with E-state index in [1.54, 1.807) is 20.1 Å². The Morgan fingerprint density at radius 1 is 1.40 bits per heavy atom. The van der Waals surface area contributed by atoms with Crippen molar-refractivity contribution in [3.8, 4) is 5.75 Å². The molecule has 0 saturated carbocycles. The predicted molar refractivity (Wildman–Crippen MR) is 76.9 cm³/mol. The molecule has 1 unspecified atom stereocenters. The van der Waals surface area contributed by atoms with Crippen LogP contribution in [0, 0.1) is 10.1 Å². The van der Waals surface area contributed by atoms with Crippen LogP contribution in [-0.4, -0.2) is 40.7 Å². The SMILES string of the molecule is COc1ccc([N+](=O)[O-])cc1CN(CC(C)O)C(C)C. The molecule has 1 aromatic carbocycles. The summed E-state index contributed by atoms with van der Waals surface area (Å²) in [7, 11) is 1.54. The summed E-state index contributed by atoms with van der Waals surface area (Å²) in [6.07, 6.45) is -0.456. The average Bonchev–Trinajstić information content (AvgIpc) is 2.37. The third-order valence-corrected chi connectivity index (χ3v) is 3.08. The molecule has 0 saturated heterocycles. The monoisotopic (exact) mass is 282 g/mol. The minimum atomic E-state index is -0.456. The van der Waals surface area contributed by atoms with Gasteiger partial charge in [0.15, 0.2) is 0 Å². The van der Waals surface area contributed by atoms with Gasteiger partial charge in [-0.3, -0.25) is 15.0 Å². The lowest BCUT2D eigenvalue weighted by atomic mass is 10.1. The molecule has 0 amide bonds. The van der Waals surface area contributed by atoms with Crippen LogP contribution >= 0.6 is 0 Å². The lowest BCUT2D eigenvalue weighted by molar-refractivity contribution is -0.385. The number of hydrogen-bond acceptors (Lipinski definition) is 5. The number of rotatable bonds is 7. The fraction of sp³-hybridized carbons (Fsp3) is 0.571. The number of benzene rings is 1. The van der Waals surface area contributed by atoms with Crippen molar-refractivity contribution in [2.24, 2.45) is 0 Å². The highest BCUT2D eigenvalue weighted by molar-refractivity contribution is 5.43. The number of hydrogen-bond donors (Lipinski definition) is 1. The van der Waals surface area contributed by atoms with Gasteiger partial charge in [-0.15, -0.1) is 0 Å². The van der Waals surface area contributed by atoms with E-state index in [1.807, 2.05) is 18.7 Å². The molecule has 20 heavy (non-hydrogen) atoms. The molecular weight excluding hydrogens is 260 g/mol. The van der Waals surface area contributed by atoms with Crippen LogP contribution < -0.4 is 4.74 Å². The maximum absolute atomic E-state index is 10.9. The maximum atomic E-state index is 10.9. The van der Waals surface area contributed by atoms with E-state index in [9.17, 15) is 15.2 Å². The van der Waals surface area contributed by atoms with Crippen LogP contribution in [0.4, 0.5) is 5.69 Å². The predicted octanol–water partition coefficient (Wildman–Crippen LogP) is 2.19. The zero-order chi connectivity index (χ0) is 15.3. The van der Waals surface area contributed by atoms with Gasteiger partial charge in [0.05, 0.1) is 18.1 Å². The van der Waals surface area contributed by atoms with Crippen LogP contribution in [0.2, 0.25) is 0 Å². The summed E-state index contributed by atoms with van der Waals surface area (Å²) in [6.45, 7) is 6.76. The van der Waals surface area contributed by atoms with Gasteiger partial charge in [0.1, 0.15) is 5.75 Å². The number of nitrogens with zero attached hydrogens (tertiary/aromatic N) is 2. The van der Waals surface area contributed by atoms with Crippen LogP contribution in [0.5, 0.6) is 5.75 Å². The van der Waals surface area contributed by atoms with E-state index >= 15 is 0 Å². The lowest BCUT2D eigenvalue weighted by Gasteiger charge is -2.28. The molecule has 1 rings (SSSR count). The molecule has 0 heterocycles. The van der Waals surface area contributed by atoms with E-state index < -0.39 is 11.0 Å². The number of methoxy groups -OCH3 is 1. The average molecular weight is 282 g/mol. The van der Waals surface area contributed by atoms with Crippen molar-refractivity contribution < 1.29 is 14.8 Å². The molecule has 0 aliphatic heterocycles. The van der Waals surface area contributed by atoms with Gasteiger partial charge in [-0.05, 0) is 26.8 Å². The first-order valence-corrected chi connectivity index (χ1v) is 6.58. The first kappa shape index (κ1) is 16.4. The molecule has 0 bridgehead atoms. The zero-order valence-electron chi connectivity index (χ0n) is 12.4. The lowest BCUT2D eigenvalue weighted by Crippen LogP contribution is -2.36. The van der Waals surface area contributed by atoms with E-state index in [0.29, 0.717) is 18.8 Å². The minimum Gasteiger partial charge on any atom is -0.496 e. The molecule has 1 aromatic rings. The van der Waals surface area contributed by atoms with Gasteiger partial charge in [-0.1, -0.05) is 0 Å². The van der Waals surface area contributed by atoms with Crippen LogP contribution in [0.1, 0.15) is 26.3 Å². The van der Waals surface area contributed by atoms with Crippen LogP contribution in [0.25, 0.3) is 0 Å². The molecule has 0 aliphatic carbocycles. The van der Waals surface area contributed by atoms with Crippen LogP contribution in [-0.2, 0) is 6.54 Å². The Labute approximate surface area is 119 Å². The van der Waals surface area contributed by atoms with E-state index in [0.717, 1.165) is 5.56 Å². The number of aliphatic hydroxyl groups is 1. The summed E-state index contributed by atoms with van der Waals surface area (Å²) in [5, 5.41) is 20.4. The van der Waals surface area contributed by atoms with Gasteiger partial charge < -0.3 is 9.84 Å². The molecule has 0 spiro atoms. The van der Waals surface area contributed by atoms with Crippen molar-refractivity contribution in [2.75, 3.05) is 13.7 Å². The first-order valence-electron chi connectivity index (χ1n) is 6.58. The van der Waals surface area contributed by atoms with E-state index in [-0.39, 0.29) is 11.7 Å². The largest absolute Gasteiger partial charge is 0.496 e. The number of non-ortho nitro benzene ring substituents is 1. The molecule has 1 N–H and O–H groups in total. The summed E-state index contributed by atoms with van der Waals surface area (Å²) in [5.41, 5.74) is 0.789. The molecular formula is C14H22N2O4. The fourth-order valence-corrected chi connectivity index (χ4v) is 2.02. The van der Waals surface area contributed by atoms with Gasteiger partial charge in [0.25, 0.3) is 5.69 Å². The Balaban J connectivity index is 3.03.